The van der Waals surface area contributed by atoms with Crippen LogP contribution in [0, 0.1) is 0 Å². The lowest BCUT2D eigenvalue weighted by molar-refractivity contribution is -0.132. The summed E-state index contributed by atoms with van der Waals surface area (Å²) < 4.78 is 5.12. The molecule has 1 aromatic carbocycles. The number of benzene rings is 1. The van der Waals surface area contributed by atoms with Gasteiger partial charge in [-0.25, -0.2) is 4.79 Å². The molecule has 122 valence electrons. The van der Waals surface area contributed by atoms with Crippen molar-refractivity contribution in [3.63, 3.8) is 0 Å². The van der Waals surface area contributed by atoms with Gasteiger partial charge >= 0.3 is 6.09 Å². The number of rotatable bonds is 6. The van der Waals surface area contributed by atoms with Crippen LogP contribution >= 0.6 is 11.3 Å². The van der Waals surface area contributed by atoms with Gasteiger partial charge in [0, 0.05) is 11.9 Å². The van der Waals surface area contributed by atoms with Gasteiger partial charge in [-0.2, -0.15) is 0 Å². The summed E-state index contributed by atoms with van der Waals surface area (Å²) in [5.41, 5.74) is 0.899. The fourth-order valence-electron chi connectivity index (χ4n) is 2.05. The Balaban J connectivity index is 1.77. The summed E-state index contributed by atoms with van der Waals surface area (Å²) >= 11 is 1.59. The van der Waals surface area contributed by atoms with E-state index in [0.29, 0.717) is 6.54 Å². The van der Waals surface area contributed by atoms with Gasteiger partial charge in [-0.3, -0.25) is 4.79 Å². The Labute approximate surface area is 139 Å². The summed E-state index contributed by atoms with van der Waals surface area (Å²) in [6, 6.07) is 12.7. The summed E-state index contributed by atoms with van der Waals surface area (Å²) in [4.78, 5) is 26.7. The van der Waals surface area contributed by atoms with E-state index in [1.54, 1.807) is 30.2 Å². The lowest BCUT2D eigenvalue weighted by Crippen LogP contribution is -2.45. The van der Waals surface area contributed by atoms with Crippen molar-refractivity contribution in [3.8, 4) is 0 Å². The lowest BCUT2D eigenvalue weighted by atomic mass is 10.2. The molecule has 23 heavy (non-hydrogen) atoms. The first-order chi connectivity index (χ1) is 11.1. The molecule has 0 saturated heterocycles. The van der Waals surface area contributed by atoms with Gasteiger partial charge in [0.2, 0.25) is 5.91 Å². The first-order valence-electron chi connectivity index (χ1n) is 7.31. The van der Waals surface area contributed by atoms with Crippen molar-refractivity contribution < 1.29 is 14.3 Å². The van der Waals surface area contributed by atoms with E-state index in [2.05, 4.69) is 5.32 Å². The van der Waals surface area contributed by atoms with Crippen LogP contribution in [-0.2, 0) is 22.7 Å². The van der Waals surface area contributed by atoms with E-state index in [-0.39, 0.29) is 12.5 Å². The van der Waals surface area contributed by atoms with E-state index in [1.165, 1.54) is 0 Å². The predicted molar refractivity (Wildman–Crippen MR) is 90.0 cm³/mol. The number of carbonyl (C=O) groups is 2. The molecular weight excluding hydrogens is 312 g/mol. The van der Waals surface area contributed by atoms with Crippen LogP contribution < -0.4 is 5.32 Å². The van der Waals surface area contributed by atoms with Crippen molar-refractivity contribution in [3.05, 3.63) is 58.3 Å². The van der Waals surface area contributed by atoms with Crippen molar-refractivity contribution >= 4 is 23.3 Å². The average molecular weight is 332 g/mol. The maximum absolute atomic E-state index is 12.2. The fourth-order valence-corrected chi connectivity index (χ4v) is 2.81. The monoisotopic (exact) mass is 332 g/mol. The molecule has 0 unspecified atom stereocenters. The van der Waals surface area contributed by atoms with E-state index >= 15 is 0 Å². The Morgan fingerprint density at radius 2 is 1.96 bits per heavy atom. The third kappa shape index (κ3) is 5.41. The third-order valence-electron chi connectivity index (χ3n) is 3.27. The summed E-state index contributed by atoms with van der Waals surface area (Å²) in [6.45, 7) is 2.36. The zero-order valence-electron chi connectivity index (χ0n) is 13.2. The number of alkyl carbamates (subject to hydrolysis) is 1. The van der Waals surface area contributed by atoms with E-state index in [4.69, 9.17) is 4.74 Å². The van der Waals surface area contributed by atoms with Crippen LogP contribution in [0.15, 0.2) is 47.8 Å². The number of hydrogen-bond donors (Lipinski definition) is 1. The minimum atomic E-state index is -0.636. The van der Waals surface area contributed by atoms with Crippen molar-refractivity contribution in [1.29, 1.82) is 0 Å². The number of thiophene rings is 1. The van der Waals surface area contributed by atoms with E-state index in [0.717, 1.165) is 10.4 Å². The number of likely N-dealkylation sites (N-methyl/N-ethyl adjacent to an activating group) is 1. The normalized spacial score (nSPS) is 11.6. The highest BCUT2D eigenvalue weighted by Gasteiger charge is 2.20. The van der Waals surface area contributed by atoms with Gasteiger partial charge in [0.05, 0.1) is 6.54 Å². The molecule has 6 heteroatoms. The maximum atomic E-state index is 12.2. The topological polar surface area (TPSA) is 58.6 Å². The first kappa shape index (κ1) is 17.0. The van der Waals surface area contributed by atoms with Crippen LogP contribution in [0.4, 0.5) is 4.79 Å². The average Bonchev–Trinajstić information content (AvgIpc) is 3.06. The zero-order chi connectivity index (χ0) is 16.7. The Morgan fingerprint density at radius 1 is 1.22 bits per heavy atom. The standard InChI is InChI=1S/C17H20N2O3S/c1-13(16(20)19(2)11-15-9-6-10-23-15)18-17(21)22-12-14-7-4-3-5-8-14/h3-10,13H,11-12H2,1-2H3,(H,18,21)/t13-/m0/s1. The quantitative estimate of drug-likeness (QED) is 0.884. The highest BCUT2D eigenvalue weighted by Crippen LogP contribution is 2.11. The number of nitrogens with one attached hydrogen (secondary N) is 1. The summed E-state index contributed by atoms with van der Waals surface area (Å²) in [5.74, 6) is -0.157. The van der Waals surface area contributed by atoms with Gasteiger partial charge in [-0.05, 0) is 23.9 Å². The van der Waals surface area contributed by atoms with Crippen LogP contribution in [0.1, 0.15) is 17.4 Å². The number of hydrogen-bond acceptors (Lipinski definition) is 4. The second-order valence-electron chi connectivity index (χ2n) is 5.20. The molecule has 0 saturated carbocycles. The SMILES string of the molecule is C[C@H](NC(=O)OCc1ccccc1)C(=O)N(C)Cc1cccs1. The molecule has 2 rings (SSSR count). The largest absolute Gasteiger partial charge is 0.445 e. The van der Waals surface area contributed by atoms with Gasteiger partial charge in [-0.15, -0.1) is 11.3 Å². The summed E-state index contributed by atoms with van der Waals surface area (Å²) in [7, 11) is 1.72. The van der Waals surface area contributed by atoms with Crippen LogP contribution in [0.2, 0.25) is 0 Å². The molecule has 0 spiro atoms. The van der Waals surface area contributed by atoms with Crippen molar-refractivity contribution in [1.82, 2.24) is 10.2 Å². The fraction of sp³-hybridized carbons (Fsp3) is 0.294. The number of amides is 2. The number of nitrogens with zero attached hydrogens (tertiary/aromatic N) is 1. The minimum absolute atomic E-state index is 0.157. The number of ether oxygens (including phenoxy) is 1. The van der Waals surface area contributed by atoms with Gasteiger partial charge < -0.3 is 15.0 Å². The highest BCUT2D eigenvalue weighted by atomic mass is 32.1. The van der Waals surface area contributed by atoms with Crippen molar-refractivity contribution in [2.75, 3.05) is 7.05 Å². The first-order valence-corrected chi connectivity index (χ1v) is 8.19. The molecule has 1 atom stereocenters. The third-order valence-corrected chi connectivity index (χ3v) is 4.13. The molecule has 1 N–H and O–H groups in total. The van der Waals surface area contributed by atoms with E-state index in [9.17, 15) is 9.59 Å². The molecule has 0 bridgehead atoms. The Hall–Kier alpha value is -2.34. The van der Waals surface area contributed by atoms with E-state index < -0.39 is 12.1 Å². The molecule has 0 fully saturated rings. The number of carbonyl (C=O) groups excluding carboxylic acids is 2. The Bertz CT molecular complexity index is 629. The second kappa shape index (κ2) is 8.33. The van der Waals surface area contributed by atoms with Gasteiger partial charge in [0.1, 0.15) is 12.6 Å². The summed E-state index contributed by atoms with van der Waals surface area (Å²) in [5, 5.41) is 4.53. The molecule has 5 nitrogen and oxygen atoms in total. The molecule has 1 heterocycles. The van der Waals surface area contributed by atoms with Crippen LogP contribution in [-0.4, -0.2) is 30.0 Å². The smallest absolute Gasteiger partial charge is 0.408 e. The van der Waals surface area contributed by atoms with Crippen LogP contribution in [0.25, 0.3) is 0 Å². The molecule has 2 aromatic rings. The van der Waals surface area contributed by atoms with Gasteiger partial charge in [-0.1, -0.05) is 36.4 Å². The van der Waals surface area contributed by atoms with E-state index in [1.807, 2.05) is 47.8 Å². The Morgan fingerprint density at radius 3 is 2.61 bits per heavy atom. The van der Waals surface area contributed by atoms with Crippen molar-refractivity contribution in [2.45, 2.75) is 26.1 Å². The maximum Gasteiger partial charge on any atom is 0.408 e. The molecule has 0 aliphatic carbocycles. The predicted octanol–water partition coefficient (Wildman–Crippen LogP) is 3.02. The van der Waals surface area contributed by atoms with Crippen LogP contribution in [0.3, 0.4) is 0 Å². The minimum Gasteiger partial charge on any atom is -0.445 e. The Kier molecular flexibility index (Phi) is 6.17. The highest BCUT2D eigenvalue weighted by molar-refractivity contribution is 7.09. The molecule has 1 aromatic heterocycles. The molecule has 0 radical (unpaired) electrons. The lowest BCUT2D eigenvalue weighted by Gasteiger charge is -2.21. The molecule has 2 amide bonds. The van der Waals surface area contributed by atoms with Crippen LogP contribution in [0.5, 0.6) is 0 Å². The van der Waals surface area contributed by atoms with Gasteiger partial charge in [0.25, 0.3) is 0 Å². The molecule has 0 aliphatic heterocycles. The molecular formula is C17H20N2O3S. The van der Waals surface area contributed by atoms with Crippen molar-refractivity contribution in [2.24, 2.45) is 0 Å². The summed E-state index contributed by atoms with van der Waals surface area (Å²) in [6.07, 6.45) is -0.598. The zero-order valence-corrected chi connectivity index (χ0v) is 14.0. The second-order valence-corrected chi connectivity index (χ2v) is 6.23. The van der Waals surface area contributed by atoms with Gasteiger partial charge in [0.15, 0.2) is 0 Å². The molecule has 0 aliphatic rings.